The molecule has 0 saturated heterocycles. The first kappa shape index (κ1) is 9.77. The van der Waals surface area contributed by atoms with Crippen LogP contribution in [-0.2, 0) is 6.42 Å². The number of aromatic nitrogens is 1. The lowest BCUT2D eigenvalue weighted by Gasteiger charge is -1.99. The van der Waals surface area contributed by atoms with E-state index in [4.69, 9.17) is 10.2 Å². The molecule has 78 valence electrons. The molecule has 15 heavy (non-hydrogen) atoms. The van der Waals surface area contributed by atoms with Gasteiger partial charge in [-0.2, -0.15) is 4.98 Å². The zero-order valence-corrected chi connectivity index (χ0v) is 8.95. The van der Waals surface area contributed by atoms with Gasteiger partial charge in [0.15, 0.2) is 0 Å². The molecule has 0 bridgehead atoms. The van der Waals surface area contributed by atoms with Crippen molar-refractivity contribution in [3.05, 3.63) is 46.8 Å². The predicted molar refractivity (Wildman–Crippen MR) is 59.6 cm³/mol. The molecule has 1 aromatic heterocycles. The Morgan fingerprint density at radius 3 is 2.40 bits per heavy atom. The van der Waals surface area contributed by atoms with Gasteiger partial charge in [-0.05, 0) is 19.4 Å². The molecule has 0 aliphatic heterocycles. The van der Waals surface area contributed by atoms with Gasteiger partial charge in [-0.3, -0.25) is 0 Å². The Hall–Kier alpha value is -1.77. The Kier molecular flexibility index (Phi) is 2.46. The van der Waals surface area contributed by atoms with E-state index in [1.807, 2.05) is 6.92 Å². The van der Waals surface area contributed by atoms with Gasteiger partial charge >= 0.3 is 0 Å². The third kappa shape index (κ3) is 2.18. The molecule has 2 N–H and O–H groups in total. The molecule has 0 unspecified atom stereocenters. The number of nitrogens with two attached hydrogens (primary N) is 1. The van der Waals surface area contributed by atoms with E-state index in [1.54, 1.807) is 0 Å². The summed E-state index contributed by atoms with van der Waals surface area (Å²) in [6.07, 6.45) is 0.771. The number of nitrogen functional groups attached to an aromatic ring is 1. The van der Waals surface area contributed by atoms with Gasteiger partial charge in [-0.1, -0.05) is 29.8 Å². The van der Waals surface area contributed by atoms with Crippen LogP contribution in [0, 0.1) is 13.8 Å². The Bertz CT molecular complexity index is 457. The molecule has 3 nitrogen and oxygen atoms in total. The summed E-state index contributed by atoms with van der Waals surface area (Å²) in [7, 11) is 0. The quantitative estimate of drug-likeness (QED) is 0.813. The lowest BCUT2D eigenvalue weighted by Crippen LogP contribution is -1.91. The Labute approximate surface area is 88.9 Å². The highest BCUT2D eigenvalue weighted by Gasteiger charge is 2.07. The number of hydrogen-bond acceptors (Lipinski definition) is 3. The second-order valence-corrected chi connectivity index (χ2v) is 3.72. The Morgan fingerprint density at radius 2 is 1.87 bits per heavy atom. The van der Waals surface area contributed by atoms with Gasteiger partial charge in [0.1, 0.15) is 5.76 Å². The molecule has 2 aromatic rings. The van der Waals surface area contributed by atoms with Crippen LogP contribution in [0.15, 0.2) is 28.7 Å². The predicted octanol–water partition coefficient (Wildman–Crippen LogP) is 2.46. The number of rotatable bonds is 2. The first-order valence-corrected chi connectivity index (χ1v) is 4.92. The normalized spacial score (nSPS) is 10.5. The summed E-state index contributed by atoms with van der Waals surface area (Å²) in [4.78, 5) is 4.14. The highest BCUT2D eigenvalue weighted by atomic mass is 16.4. The van der Waals surface area contributed by atoms with E-state index in [2.05, 4.69) is 36.2 Å². The first-order chi connectivity index (χ1) is 7.15. The van der Waals surface area contributed by atoms with Crippen LogP contribution in [0.4, 0.5) is 6.01 Å². The lowest BCUT2D eigenvalue weighted by molar-refractivity contribution is 0.545. The molecule has 0 aliphatic rings. The minimum Gasteiger partial charge on any atom is -0.429 e. The smallest absolute Gasteiger partial charge is 0.292 e. The molecule has 0 fully saturated rings. The van der Waals surface area contributed by atoms with Crippen LogP contribution in [0.1, 0.15) is 22.6 Å². The van der Waals surface area contributed by atoms with E-state index in [0.717, 1.165) is 17.9 Å². The highest BCUT2D eigenvalue weighted by Crippen LogP contribution is 2.15. The standard InChI is InChI=1S/C12H14N2O/c1-8-3-5-10(6-4-8)7-11-9(2)15-12(13)14-11/h3-6H,7H2,1-2H3,(H2,13,14). The van der Waals surface area contributed by atoms with Crippen LogP contribution in [0.5, 0.6) is 0 Å². The summed E-state index contributed by atoms with van der Waals surface area (Å²) < 4.78 is 5.18. The van der Waals surface area contributed by atoms with Crippen LogP contribution < -0.4 is 5.73 Å². The molecule has 0 saturated carbocycles. The van der Waals surface area contributed by atoms with Crippen molar-refractivity contribution in [1.29, 1.82) is 0 Å². The van der Waals surface area contributed by atoms with Crippen LogP contribution >= 0.6 is 0 Å². The molecule has 0 atom stereocenters. The molecule has 0 radical (unpaired) electrons. The zero-order chi connectivity index (χ0) is 10.8. The van der Waals surface area contributed by atoms with Crippen molar-refractivity contribution in [2.45, 2.75) is 20.3 Å². The maximum absolute atomic E-state index is 5.48. The van der Waals surface area contributed by atoms with E-state index in [0.29, 0.717) is 0 Å². The number of aryl methyl sites for hydroxylation is 2. The lowest BCUT2D eigenvalue weighted by atomic mass is 10.1. The average molecular weight is 202 g/mol. The van der Waals surface area contributed by atoms with Crippen LogP contribution in [0.3, 0.4) is 0 Å². The van der Waals surface area contributed by atoms with E-state index in [1.165, 1.54) is 11.1 Å². The minimum atomic E-state index is 0.245. The number of nitrogens with zero attached hydrogens (tertiary/aromatic N) is 1. The summed E-state index contributed by atoms with van der Waals surface area (Å²) in [5.74, 6) is 0.799. The fraction of sp³-hybridized carbons (Fsp3) is 0.250. The molecule has 1 heterocycles. The van der Waals surface area contributed by atoms with E-state index >= 15 is 0 Å². The van der Waals surface area contributed by atoms with Crippen molar-refractivity contribution in [2.75, 3.05) is 5.73 Å². The highest BCUT2D eigenvalue weighted by molar-refractivity contribution is 5.28. The van der Waals surface area contributed by atoms with Crippen molar-refractivity contribution in [3.63, 3.8) is 0 Å². The topological polar surface area (TPSA) is 52.0 Å². The molecule has 0 spiro atoms. The molecular formula is C12H14N2O. The van der Waals surface area contributed by atoms with E-state index < -0.39 is 0 Å². The van der Waals surface area contributed by atoms with Crippen LogP contribution in [0.2, 0.25) is 0 Å². The summed E-state index contributed by atoms with van der Waals surface area (Å²) in [5.41, 5.74) is 8.87. The molecule has 1 aromatic carbocycles. The van der Waals surface area contributed by atoms with Gasteiger partial charge in [-0.15, -0.1) is 0 Å². The van der Waals surface area contributed by atoms with Gasteiger partial charge in [0.2, 0.25) is 0 Å². The van der Waals surface area contributed by atoms with Gasteiger partial charge in [0, 0.05) is 6.42 Å². The molecular weight excluding hydrogens is 188 g/mol. The summed E-state index contributed by atoms with van der Waals surface area (Å²) in [5, 5.41) is 0. The fourth-order valence-electron chi connectivity index (χ4n) is 1.51. The zero-order valence-electron chi connectivity index (χ0n) is 8.95. The third-order valence-corrected chi connectivity index (χ3v) is 2.40. The maximum atomic E-state index is 5.48. The van der Waals surface area contributed by atoms with E-state index in [-0.39, 0.29) is 6.01 Å². The van der Waals surface area contributed by atoms with Crippen LogP contribution in [0.25, 0.3) is 0 Å². The summed E-state index contributed by atoms with van der Waals surface area (Å²) in [6.45, 7) is 3.95. The summed E-state index contributed by atoms with van der Waals surface area (Å²) in [6, 6.07) is 8.62. The molecule has 0 amide bonds. The van der Waals surface area contributed by atoms with Gasteiger partial charge in [0.05, 0.1) is 5.69 Å². The maximum Gasteiger partial charge on any atom is 0.292 e. The van der Waals surface area contributed by atoms with Crippen molar-refractivity contribution in [2.24, 2.45) is 0 Å². The number of benzene rings is 1. The second-order valence-electron chi connectivity index (χ2n) is 3.72. The molecule has 3 heteroatoms. The Balaban J connectivity index is 2.21. The number of oxazole rings is 1. The fourth-order valence-corrected chi connectivity index (χ4v) is 1.51. The molecule has 0 aliphatic carbocycles. The SMILES string of the molecule is Cc1ccc(Cc2nc(N)oc2C)cc1. The average Bonchev–Trinajstić information content (AvgIpc) is 2.49. The van der Waals surface area contributed by atoms with Crippen molar-refractivity contribution in [1.82, 2.24) is 4.98 Å². The monoisotopic (exact) mass is 202 g/mol. The van der Waals surface area contributed by atoms with Gasteiger partial charge < -0.3 is 10.2 Å². The second kappa shape index (κ2) is 3.77. The van der Waals surface area contributed by atoms with Crippen molar-refractivity contribution < 1.29 is 4.42 Å². The number of hydrogen-bond donors (Lipinski definition) is 1. The minimum absolute atomic E-state index is 0.245. The largest absolute Gasteiger partial charge is 0.429 e. The Morgan fingerprint density at radius 1 is 1.20 bits per heavy atom. The molecule has 2 rings (SSSR count). The van der Waals surface area contributed by atoms with Gasteiger partial charge in [-0.25, -0.2) is 0 Å². The van der Waals surface area contributed by atoms with Crippen LogP contribution in [-0.4, -0.2) is 4.98 Å². The van der Waals surface area contributed by atoms with Crippen molar-refractivity contribution >= 4 is 6.01 Å². The van der Waals surface area contributed by atoms with E-state index in [9.17, 15) is 0 Å². The third-order valence-electron chi connectivity index (χ3n) is 2.40. The van der Waals surface area contributed by atoms with Crippen molar-refractivity contribution in [3.8, 4) is 0 Å². The van der Waals surface area contributed by atoms with Gasteiger partial charge in [0.25, 0.3) is 6.01 Å². The summed E-state index contributed by atoms with van der Waals surface area (Å²) >= 11 is 0. The first-order valence-electron chi connectivity index (χ1n) is 4.92. The number of anilines is 1.